The first-order valence-corrected chi connectivity index (χ1v) is 11.7. The van der Waals surface area contributed by atoms with E-state index < -0.39 is 33.6 Å². The molecule has 1 fully saturated rings. The lowest BCUT2D eigenvalue weighted by Crippen LogP contribution is -2.51. The number of nitrogens with zero attached hydrogens (tertiary/aromatic N) is 2. The topological polar surface area (TPSA) is 152 Å². The van der Waals surface area contributed by atoms with E-state index in [0.29, 0.717) is 26.2 Å². The molecule has 1 aromatic heterocycles. The number of sulfonamides is 1. The average molecular weight is 479 g/mol. The van der Waals surface area contributed by atoms with Crippen molar-refractivity contribution in [2.24, 2.45) is 5.14 Å². The zero-order valence-corrected chi connectivity index (χ0v) is 19.2. The van der Waals surface area contributed by atoms with E-state index in [1.807, 2.05) is 36.9 Å². The first kappa shape index (κ1) is 24.4. The van der Waals surface area contributed by atoms with Gasteiger partial charge in [0.25, 0.3) is 15.9 Å². The molecule has 1 aliphatic heterocycles. The Hall–Kier alpha value is -3.22. The molecule has 3 N–H and O–H groups in total. The van der Waals surface area contributed by atoms with Gasteiger partial charge in [-0.25, -0.2) is 18.4 Å². The summed E-state index contributed by atoms with van der Waals surface area (Å²) in [5.41, 5.74) is 2.79. The fraction of sp³-hybridized carbons (Fsp3) is 0.381. The van der Waals surface area contributed by atoms with Gasteiger partial charge in [0, 0.05) is 31.9 Å². The number of carbonyl (C=O) groups is 3. The molecule has 0 unspecified atom stereocenters. The van der Waals surface area contributed by atoms with Gasteiger partial charge in [0.05, 0.1) is 6.54 Å². The van der Waals surface area contributed by atoms with Crippen LogP contribution in [0.1, 0.15) is 21.7 Å². The van der Waals surface area contributed by atoms with Crippen LogP contribution in [-0.4, -0.2) is 75.3 Å². The van der Waals surface area contributed by atoms with Gasteiger partial charge in [-0.1, -0.05) is 18.2 Å². The van der Waals surface area contributed by atoms with Crippen LogP contribution < -0.4 is 10.5 Å². The summed E-state index contributed by atoms with van der Waals surface area (Å²) < 4.78 is 32.1. The van der Waals surface area contributed by atoms with Gasteiger partial charge in [-0.05, 0) is 37.1 Å². The van der Waals surface area contributed by atoms with E-state index in [4.69, 9.17) is 14.3 Å². The Morgan fingerprint density at radius 1 is 1.06 bits per heavy atom. The number of hydrogen-bond donors (Lipinski definition) is 2. The molecule has 178 valence electrons. The van der Waals surface area contributed by atoms with E-state index in [9.17, 15) is 22.8 Å². The summed E-state index contributed by atoms with van der Waals surface area (Å²) in [6.45, 7) is 5.31. The summed E-state index contributed by atoms with van der Waals surface area (Å²) in [4.78, 5) is 40.2. The predicted molar refractivity (Wildman–Crippen MR) is 118 cm³/mol. The zero-order valence-electron chi connectivity index (χ0n) is 18.4. The highest BCUT2D eigenvalue weighted by molar-refractivity contribution is 7.89. The minimum atomic E-state index is -4.08. The third kappa shape index (κ3) is 6.40. The number of esters is 1. The molecule has 1 saturated heterocycles. The monoisotopic (exact) mass is 478 g/mol. The van der Waals surface area contributed by atoms with Crippen LogP contribution in [0.15, 0.2) is 39.8 Å². The molecule has 33 heavy (non-hydrogen) atoms. The van der Waals surface area contributed by atoms with Crippen molar-refractivity contribution in [1.29, 1.82) is 0 Å². The summed E-state index contributed by atoms with van der Waals surface area (Å²) in [7, 11) is -4.08. The standard InChI is InChI=1S/C21H26N4O7S/c1-14-4-3-5-15(2)20(14)23-17(26)12-24-8-10-25(11-9-24)18(27)13-31-21(28)16-6-7-19(32-16)33(22,29)30/h3-7H,8-13H2,1-2H3,(H,23,26)(H2,22,29,30). The third-order valence-corrected chi connectivity index (χ3v) is 6.01. The average Bonchev–Trinajstić information content (AvgIpc) is 3.26. The summed E-state index contributed by atoms with van der Waals surface area (Å²) >= 11 is 0. The molecule has 1 aromatic carbocycles. The van der Waals surface area contributed by atoms with Crippen molar-refractivity contribution < 1.29 is 32.0 Å². The molecule has 2 amide bonds. The van der Waals surface area contributed by atoms with Gasteiger partial charge in [-0.2, -0.15) is 0 Å². The summed E-state index contributed by atoms with van der Waals surface area (Å²) in [6.07, 6.45) is 0. The van der Waals surface area contributed by atoms with Gasteiger partial charge < -0.3 is 19.4 Å². The molecule has 12 heteroatoms. The van der Waals surface area contributed by atoms with E-state index in [2.05, 4.69) is 5.32 Å². The number of ether oxygens (including phenoxy) is 1. The van der Waals surface area contributed by atoms with Crippen LogP contribution in [0.2, 0.25) is 0 Å². The molecular weight excluding hydrogens is 452 g/mol. The number of furan rings is 1. The maximum Gasteiger partial charge on any atom is 0.374 e. The van der Waals surface area contributed by atoms with Gasteiger partial charge in [0.15, 0.2) is 6.61 Å². The normalized spacial score (nSPS) is 14.7. The molecule has 2 heterocycles. The Morgan fingerprint density at radius 2 is 1.70 bits per heavy atom. The maximum absolute atomic E-state index is 12.4. The smallest absolute Gasteiger partial charge is 0.374 e. The fourth-order valence-corrected chi connectivity index (χ4v) is 3.89. The van der Waals surface area contributed by atoms with Crippen molar-refractivity contribution in [1.82, 2.24) is 9.80 Å². The minimum absolute atomic E-state index is 0.126. The highest BCUT2D eigenvalue weighted by atomic mass is 32.2. The molecular formula is C21H26N4O7S. The van der Waals surface area contributed by atoms with Crippen LogP contribution in [0.25, 0.3) is 0 Å². The van der Waals surface area contributed by atoms with Crippen LogP contribution in [0.4, 0.5) is 5.69 Å². The summed E-state index contributed by atoms with van der Waals surface area (Å²) in [5, 5.41) is 7.29. The van der Waals surface area contributed by atoms with Crippen molar-refractivity contribution in [2.75, 3.05) is 44.6 Å². The molecule has 3 rings (SSSR count). The summed E-state index contributed by atoms with van der Waals surface area (Å²) in [6, 6.07) is 7.94. The number of carbonyl (C=O) groups excluding carboxylic acids is 3. The van der Waals surface area contributed by atoms with Crippen molar-refractivity contribution in [3.8, 4) is 0 Å². The first-order valence-electron chi connectivity index (χ1n) is 10.2. The number of rotatable bonds is 7. The van der Waals surface area contributed by atoms with E-state index in [1.54, 1.807) is 0 Å². The van der Waals surface area contributed by atoms with Gasteiger partial charge in [-0.3, -0.25) is 14.5 Å². The number of hydrogen-bond acceptors (Lipinski definition) is 8. The zero-order chi connectivity index (χ0) is 24.2. The number of anilines is 1. The Bertz CT molecular complexity index is 1130. The van der Waals surface area contributed by atoms with Crippen LogP contribution in [0.3, 0.4) is 0 Å². The molecule has 11 nitrogen and oxygen atoms in total. The molecule has 2 aromatic rings. The number of nitrogens with two attached hydrogens (primary N) is 1. The first-order chi connectivity index (χ1) is 15.5. The number of para-hydroxylation sites is 1. The third-order valence-electron chi connectivity index (χ3n) is 5.23. The Morgan fingerprint density at radius 3 is 2.27 bits per heavy atom. The SMILES string of the molecule is Cc1cccc(C)c1NC(=O)CN1CCN(C(=O)COC(=O)c2ccc(S(N)(=O)=O)o2)CC1. The Kier molecular flexibility index (Phi) is 7.51. The van der Waals surface area contributed by atoms with Crippen LogP contribution in [0.5, 0.6) is 0 Å². The van der Waals surface area contributed by atoms with Crippen LogP contribution in [-0.2, 0) is 24.3 Å². The van der Waals surface area contributed by atoms with Crippen LogP contribution >= 0.6 is 0 Å². The predicted octanol–water partition coefficient (Wildman–Crippen LogP) is 0.484. The lowest BCUT2D eigenvalue weighted by molar-refractivity contribution is -0.136. The quantitative estimate of drug-likeness (QED) is 0.545. The number of primary sulfonamides is 1. The lowest BCUT2D eigenvalue weighted by atomic mass is 10.1. The molecule has 0 spiro atoms. The number of piperazine rings is 1. The van der Waals surface area contributed by atoms with Crippen molar-refractivity contribution in [2.45, 2.75) is 18.9 Å². The van der Waals surface area contributed by atoms with E-state index in [0.717, 1.165) is 28.9 Å². The van der Waals surface area contributed by atoms with E-state index in [-0.39, 0.29) is 18.2 Å². The van der Waals surface area contributed by atoms with Gasteiger partial charge in [0.2, 0.25) is 16.8 Å². The molecule has 1 aliphatic rings. The Labute approximate surface area is 191 Å². The second kappa shape index (κ2) is 10.1. The highest BCUT2D eigenvalue weighted by Crippen LogP contribution is 2.19. The van der Waals surface area contributed by atoms with E-state index >= 15 is 0 Å². The number of aryl methyl sites for hydroxylation is 2. The Balaban J connectivity index is 1.43. The van der Waals surface area contributed by atoms with E-state index in [1.165, 1.54) is 4.90 Å². The lowest BCUT2D eigenvalue weighted by Gasteiger charge is -2.34. The largest absolute Gasteiger partial charge is 0.450 e. The summed E-state index contributed by atoms with van der Waals surface area (Å²) in [5.74, 6) is -1.87. The highest BCUT2D eigenvalue weighted by Gasteiger charge is 2.25. The van der Waals surface area contributed by atoms with Crippen molar-refractivity contribution in [3.63, 3.8) is 0 Å². The number of amides is 2. The number of nitrogens with one attached hydrogen (secondary N) is 1. The van der Waals surface area contributed by atoms with Gasteiger partial charge in [-0.15, -0.1) is 0 Å². The molecule has 0 saturated carbocycles. The molecule has 0 aliphatic carbocycles. The second-order valence-corrected chi connectivity index (χ2v) is 9.20. The minimum Gasteiger partial charge on any atom is -0.450 e. The van der Waals surface area contributed by atoms with Gasteiger partial charge in [0.1, 0.15) is 0 Å². The van der Waals surface area contributed by atoms with Crippen LogP contribution in [0, 0.1) is 13.8 Å². The van der Waals surface area contributed by atoms with Crippen molar-refractivity contribution >= 4 is 33.5 Å². The number of benzene rings is 1. The molecule has 0 radical (unpaired) electrons. The second-order valence-electron chi connectivity index (χ2n) is 7.71. The van der Waals surface area contributed by atoms with Crippen molar-refractivity contribution in [3.05, 3.63) is 47.2 Å². The van der Waals surface area contributed by atoms with Gasteiger partial charge >= 0.3 is 5.97 Å². The molecule has 0 atom stereocenters. The molecule has 0 bridgehead atoms. The fourth-order valence-electron chi connectivity index (χ4n) is 3.42. The maximum atomic E-state index is 12.4.